The van der Waals surface area contributed by atoms with E-state index in [0.29, 0.717) is 47.3 Å². The van der Waals surface area contributed by atoms with Crippen LogP contribution in [0.1, 0.15) is 120 Å². The van der Waals surface area contributed by atoms with Crippen LogP contribution in [0, 0.1) is 11.8 Å². The van der Waals surface area contributed by atoms with Gasteiger partial charge in [-0.15, -0.1) is 0 Å². The van der Waals surface area contributed by atoms with E-state index in [1.807, 2.05) is 54.8 Å². The molecule has 0 bridgehead atoms. The van der Waals surface area contributed by atoms with Gasteiger partial charge in [0.05, 0.1) is 13.2 Å². The number of phenols is 1. The number of aliphatic carboxylic acids is 1. The maximum Gasteiger partial charge on any atom is 0.303 e. The van der Waals surface area contributed by atoms with E-state index in [1.165, 1.54) is 43.0 Å². The van der Waals surface area contributed by atoms with Gasteiger partial charge in [0.25, 0.3) is 0 Å². The number of carboxylic acid groups (broad SMARTS) is 1. The van der Waals surface area contributed by atoms with E-state index in [1.54, 1.807) is 93.7 Å². The minimum Gasteiger partial charge on any atom is -0.508 e. The van der Waals surface area contributed by atoms with Gasteiger partial charge in [-0.05, 0) is 148 Å². The maximum absolute atomic E-state index is 14.9. The number of phenolic OH excluding ortho intramolecular Hbond substituents is 1. The van der Waals surface area contributed by atoms with E-state index in [4.69, 9.17) is 17.2 Å². The van der Waals surface area contributed by atoms with Crippen LogP contribution in [0.25, 0.3) is 10.9 Å². The van der Waals surface area contributed by atoms with Crippen molar-refractivity contribution in [2.75, 3.05) is 38.2 Å². The molecule has 1 aromatic heterocycles. The number of unbranched alkanes of at least 4 members (excludes halogenated alkanes) is 2. The first-order valence-corrected chi connectivity index (χ1v) is 41.0. The van der Waals surface area contributed by atoms with Crippen molar-refractivity contribution < 1.29 is 82.4 Å². The Bertz CT molecular complexity index is 4300. The van der Waals surface area contributed by atoms with Crippen molar-refractivity contribution in [3.05, 3.63) is 174 Å². The molecular weight excluding hydrogens is 1540 g/mol. The Morgan fingerprint density at radius 1 is 0.407 bits per heavy atom. The number of nitrogens with two attached hydrogens (primary N) is 3. The molecule has 6 rings (SSSR count). The molecule has 118 heavy (non-hydrogen) atoms. The summed E-state index contributed by atoms with van der Waals surface area (Å²) >= 11 is 1.46. The Morgan fingerprint density at radius 3 is 1.25 bits per heavy atom. The number of amides is 13. The van der Waals surface area contributed by atoms with E-state index < -0.39 is 175 Å². The SMILES string of the molecule is CSCC[C@H](NC(=O)[C@@H](C)Cc1ccccc1)C(=O)N[C@@H](C)C(=O)N[C@@H](Cc1ccccc1)C(=O)N[C@@H](Cc1ccccc1)C(=O)N[C@@H](CO)C(=O)N[C@@H](CCC(=O)O)C(=O)N[C@@H](CCCCN)C(=O)N[C@@H](CCCCN)C(=O)N[C@@H](Cc1ccc(O)cc1)C(=O)N[C@@H](CC(C)C)C(=O)N[C@@H](Cc1c[nH]c2ccccc12)C(=O)NCC(N)=O. The zero-order chi connectivity index (χ0) is 86.2. The van der Waals surface area contributed by atoms with Gasteiger partial charge < -0.3 is 101 Å². The first-order chi connectivity index (χ1) is 56.5. The number of carboxylic acids is 1. The summed E-state index contributed by atoms with van der Waals surface area (Å²) in [6.07, 6.45) is 3.01. The summed E-state index contributed by atoms with van der Waals surface area (Å²) in [6, 6.07) is 23.1. The fourth-order valence-corrected chi connectivity index (χ4v) is 13.4. The molecule has 12 atom stereocenters. The molecular formula is C84H114N16O17S. The molecule has 33 nitrogen and oxygen atoms in total. The van der Waals surface area contributed by atoms with Gasteiger partial charge in [-0.3, -0.25) is 67.1 Å². The van der Waals surface area contributed by atoms with Gasteiger partial charge in [0.2, 0.25) is 76.8 Å². The third-order valence-corrected chi connectivity index (χ3v) is 20.1. The number of fused-ring (bicyclic) bond motifs is 1. The molecule has 0 unspecified atom stereocenters. The minimum atomic E-state index is -1.90. The standard InChI is InChI=1S/C84H114N16O17S/c1-50(2)41-65(80(113)99-69(75(108)89-48-71(87)103)46-57-47-88-60-28-16-15-27-59(57)60)96-82(115)68(45-56-31-33-58(102)34-32-56)97-78(111)62(30-18-20-39-86)92-77(110)61(29-17-19-38-85)93-79(112)63(35-36-72(104)105)94-84(117)70(49-101)100-83(116)67(44-55-25-13-8-14-26-55)98-81(114)66(43-54-23-11-7-12-24-54)95-74(107)52(4)90-76(109)64(37-40-118-5)91-73(106)51(3)42-53-21-9-6-10-22-53/h6-16,21-28,31-34,47,50-52,61-70,88,101-102H,17-20,29-30,35-46,48-49,85-86H2,1-5H3,(H2,87,103)(H,89,108)(H,90,109)(H,91,106)(H,92,110)(H,93,112)(H,94,117)(H,95,107)(H,96,115)(H,97,111)(H,98,114)(H,99,113)(H,100,116)(H,104,105)/t51-,52-,61-,62-,63-,64-,65-,66-,67-,68-,69-,70-/m0/s1. The molecule has 0 spiro atoms. The van der Waals surface area contributed by atoms with Crippen LogP contribution >= 0.6 is 11.8 Å². The number of para-hydroxylation sites is 1. The largest absolute Gasteiger partial charge is 0.508 e. The highest BCUT2D eigenvalue weighted by Gasteiger charge is 2.38. The summed E-state index contributed by atoms with van der Waals surface area (Å²) in [4.78, 5) is 200. The number of hydrogen-bond donors (Lipinski definition) is 19. The Kier molecular flexibility index (Phi) is 40.3. The van der Waals surface area contributed by atoms with Crippen LogP contribution in [-0.2, 0) is 99.2 Å². The van der Waals surface area contributed by atoms with E-state index in [2.05, 4.69) is 68.8 Å². The Labute approximate surface area is 690 Å². The average Bonchev–Trinajstić information content (AvgIpc) is 1.62. The van der Waals surface area contributed by atoms with Gasteiger partial charge in [0.15, 0.2) is 0 Å². The number of nitrogens with one attached hydrogen (secondary N) is 13. The molecule has 34 heteroatoms. The highest BCUT2D eigenvalue weighted by molar-refractivity contribution is 7.98. The second-order valence-corrected chi connectivity index (χ2v) is 30.5. The number of aromatic amines is 1. The third-order valence-electron chi connectivity index (χ3n) is 19.4. The fraction of sp³-hybridized carbons (Fsp3) is 0.452. The van der Waals surface area contributed by atoms with Crippen molar-refractivity contribution in [3.63, 3.8) is 0 Å². The number of aromatic nitrogens is 1. The van der Waals surface area contributed by atoms with Gasteiger partial charge >= 0.3 is 5.97 Å². The van der Waals surface area contributed by atoms with Gasteiger partial charge in [0, 0.05) is 55.1 Å². The summed E-state index contributed by atoms with van der Waals surface area (Å²) in [5, 5.41) is 63.4. The number of carbonyl (C=O) groups is 14. The number of carbonyl (C=O) groups excluding carboxylic acids is 13. The van der Waals surface area contributed by atoms with Crippen LogP contribution in [-0.4, -0.2) is 208 Å². The Hall–Kier alpha value is -11.8. The van der Waals surface area contributed by atoms with E-state index in [0.717, 1.165) is 16.5 Å². The molecule has 22 N–H and O–H groups in total. The molecule has 1 heterocycles. The number of rotatable bonds is 52. The number of primary amides is 1. The monoisotopic (exact) mass is 1650 g/mol. The van der Waals surface area contributed by atoms with Crippen LogP contribution in [0.15, 0.2) is 146 Å². The zero-order valence-corrected chi connectivity index (χ0v) is 68.0. The molecule has 0 fully saturated rings. The van der Waals surface area contributed by atoms with Gasteiger partial charge in [0.1, 0.15) is 72.2 Å². The predicted molar refractivity (Wildman–Crippen MR) is 445 cm³/mol. The Balaban J connectivity index is 1.21. The van der Waals surface area contributed by atoms with E-state index in [9.17, 15) is 82.4 Å². The van der Waals surface area contributed by atoms with Crippen molar-refractivity contribution in [3.8, 4) is 5.75 Å². The highest BCUT2D eigenvalue weighted by Crippen LogP contribution is 2.21. The first-order valence-electron chi connectivity index (χ1n) is 39.6. The number of aliphatic hydroxyl groups is 1. The van der Waals surface area contributed by atoms with E-state index in [-0.39, 0.29) is 94.9 Å². The molecule has 5 aromatic carbocycles. The number of hydrogen-bond acceptors (Lipinski definition) is 19. The second kappa shape index (κ2) is 50.0. The quantitative estimate of drug-likeness (QED) is 0.0236. The van der Waals surface area contributed by atoms with Crippen LogP contribution in [0.4, 0.5) is 0 Å². The molecule has 0 aliphatic rings. The molecule has 0 aliphatic carbocycles. The zero-order valence-electron chi connectivity index (χ0n) is 67.2. The maximum atomic E-state index is 14.9. The summed E-state index contributed by atoms with van der Waals surface area (Å²) in [7, 11) is 0. The number of H-pyrrole nitrogens is 1. The second-order valence-electron chi connectivity index (χ2n) is 29.5. The van der Waals surface area contributed by atoms with Crippen molar-refractivity contribution in [1.29, 1.82) is 0 Å². The topological polar surface area (TPSA) is 538 Å². The summed E-state index contributed by atoms with van der Waals surface area (Å²) in [5.74, 6) is -13.0. The number of aliphatic hydroxyl groups excluding tert-OH is 1. The fourth-order valence-electron chi connectivity index (χ4n) is 12.9. The third kappa shape index (κ3) is 32.7. The Morgan fingerprint density at radius 2 is 0.788 bits per heavy atom. The molecule has 0 saturated carbocycles. The van der Waals surface area contributed by atoms with Crippen LogP contribution in [0.2, 0.25) is 0 Å². The van der Waals surface area contributed by atoms with Crippen molar-refractivity contribution in [2.45, 2.75) is 190 Å². The molecule has 0 radical (unpaired) electrons. The molecule has 0 aliphatic heterocycles. The van der Waals surface area contributed by atoms with Gasteiger partial charge in [-0.25, -0.2) is 0 Å². The number of aromatic hydroxyl groups is 1. The number of benzene rings is 5. The first kappa shape index (κ1) is 95.1. The lowest BCUT2D eigenvalue weighted by atomic mass is 9.99. The van der Waals surface area contributed by atoms with E-state index >= 15 is 0 Å². The summed E-state index contributed by atoms with van der Waals surface area (Å²) in [5.41, 5.74) is 21.0. The highest BCUT2D eigenvalue weighted by atomic mass is 32.2. The predicted octanol–water partition coefficient (Wildman–Crippen LogP) is 0.891. The molecule has 0 saturated heterocycles. The van der Waals surface area contributed by atoms with Gasteiger partial charge in [-0.1, -0.05) is 142 Å². The summed E-state index contributed by atoms with van der Waals surface area (Å²) < 4.78 is 0. The van der Waals surface area contributed by atoms with Crippen LogP contribution < -0.4 is 81.0 Å². The number of thioether (sulfide) groups is 1. The molecule has 6 aromatic rings. The smallest absolute Gasteiger partial charge is 0.303 e. The van der Waals surface area contributed by atoms with Crippen molar-refractivity contribution in [2.24, 2.45) is 29.0 Å². The lowest BCUT2D eigenvalue weighted by molar-refractivity contribution is -0.139. The normalized spacial score (nSPS) is 14.2. The van der Waals surface area contributed by atoms with Crippen LogP contribution in [0.3, 0.4) is 0 Å². The lowest BCUT2D eigenvalue weighted by Crippen LogP contribution is -2.61. The van der Waals surface area contributed by atoms with Gasteiger partial charge in [-0.2, -0.15) is 11.8 Å². The van der Waals surface area contributed by atoms with Crippen molar-refractivity contribution >= 4 is 105 Å². The summed E-state index contributed by atoms with van der Waals surface area (Å²) in [6.45, 7) is 5.36. The molecule has 13 amide bonds. The van der Waals surface area contributed by atoms with Crippen LogP contribution in [0.5, 0.6) is 5.75 Å². The average molecular weight is 1650 g/mol. The lowest BCUT2D eigenvalue weighted by Gasteiger charge is -2.28. The minimum absolute atomic E-state index is 0.0150. The molecule has 638 valence electrons. The van der Waals surface area contributed by atoms with Crippen molar-refractivity contribution in [1.82, 2.24) is 68.8 Å².